The third-order valence-corrected chi connectivity index (χ3v) is 6.82. The van der Waals surface area contributed by atoms with Crippen molar-refractivity contribution in [2.45, 2.75) is 18.3 Å². The van der Waals surface area contributed by atoms with Crippen molar-refractivity contribution in [2.24, 2.45) is 0 Å². The molecule has 154 valence electrons. The first-order chi connectivity index (χ1) is 14.1. The summed E-state index contributed by atoms with van der Waals surface area (Å²) in [5.74, 6) is 2.30. The average Bonchev–Trinajstić information content (AvgIpc) is 3.29. The number of benzene rings is 1. The highest BCUT2D eigenvalue weighted by atomic mass is 32.1. The number of nitrogens with zero attached hydrogens (tertiary/aromatic N) is 3. The molecular formula is C21H27N5O2S. The molecule has 0 amide bonds. The molecule has 0 saturated carbocycles. The van der Waals surface area contributed by atoms with Crippen LogP contribution >= 0.6 is 11.3 Å². The second-order valence-electron chi connectivity index (χ2n) is 7.50. The Kier molecular flexibility index (Phi) is 5.47. The van der Waals surface area contributed by atoms with Gasteiger partial charge in [-0.2, -0.15) is 4.98 Å². The molecule has 29 heavy (non-hydrogen) atoms. The summed E-state index contributed by atoms with van der Waals surface area (Å²) in [7, 11) is 5.26. The van der Waals surface area contributed by atoms with Gasteiger partial charge in [-0.05, 0) is 43.4 Å². The number of methoxy groups -OCH3 is 2. The Morgan fingerprint density at radius 2 is 1.90 bits per heavy atom. The van der Waals surface area contributed by atoms with Gasteiger partial charge in [0.2, 0.25) is 5.95 Å². The number of piperidine rings is 1. The Balaban J connectivity index is 1.70. The highest BCUT2D eigenvalue weighted by molar-refractivity contribution is 7.10. The largest absolute Gasteiger partial charge is 0.493 e. The Hall–Kier alpha value is -2.58. The molecule has 0 spiro atoms. The number of rotatable bonds is 6. The normalized spacial score (nSPS) is 16.0. The number of thiophene rings is 1. The van der Waals surface area contributed by atoms with Crippen LogP contribution < -0.4 is 25.4 Å². The van der Waals surface area contributed by atoms with Gasteiger partial charge in [-0.15, -0.1) is 11.3 Å². The van der Waals surface area contributed by atoms with Crippen LogP contribution in [0.3, 0.4) is 0 Å². The van der Waals surface area contributed by atoms with Crippen molar-refractivity contribution in [1.29, 1.82) is 0 Å². The van der Waals surface area contributed by atoms with Crippen LogP contribution in [-0.4, -0.2) is 50.9 Å². The van der Waals surface area contributed by atoms with E-state index in [0.717, 1.165) is 43.4 Å². The number of nitrogens with two attached hydrogens (primary N) is 1. The van der Waals surface area contributed by atoms with Crippen LogP contribution in [0.5, 0.6) is 11.5 Å². The van der Waals surface area contributed by atoms with Crippen LogP contribution in [0.25, 0.3) is 10.9 Å². The Morgan fingerprint density at radius 3 is 2.55 bits per heavy atom. The quantitative estimate of drug-likeness (QED) is 0.642. The maximum absolute atomic E-state index is 6.29. The van der Waals surface area contributed by atoms with Gasteiger partial charge >= 0.3 is 0 Å². The number of likely N-dealkylation sites (N-methyl/N-ethyl adjacent to an activating group) is 1. The third-order valence-electron chi connectivity index (χ3n) is 5.70. The van der Waals surface area contributed by atoms with E-state index in [1.807, 2.05) is 30.5 Å². The van der Waals surface area contributed by atoms with Crippen LogP contribution in [-0.2, 0) is 5.41 Å². The lowest BCUT2D eigenvalue weighted by Crippen LogP contribution is -2.46. The van der Waals surface area contributed by atoms with E-state index in [1.165, 1.54) is 4.88 Å². The molecular weight excluding hydrogens is 386 g/mol. The van der Waals surface area contributed by atoms with E-state index in [0.29, 0.717) is 23.3 Å². The summed E-state index contributed by atoms with van der Waals surface area (Å²) in [5.41, 5.74) is 7.13. The molecule has 8 heteroatoms. The molecule has 3 heterocycles. The molecule has 0 aliphatic carbocycles. The Labute approximate surface area is 174 Å². The van der Waals surface area contributed by atoms with Gasteiger partial charge in [0.15, 0.2) is 11.5 Å². The van der Waals surface area contributed by atoms with Crippen LogP contribution in [0.2, 0.25) is 0 Å². The van der Waals surface area contributed by atoms with Gasteiger partial charge in [-0.1, -0.05) is 6.07 Å². The van der Waals surface area contributed by atoms with Gasteiger partial charge in [0.05, 0.1) is 19.7 Å². The lowest BCUT2D eigenvalue weighted by Gasteiger charge is -2.40. The van der Waals surface area contributed by atoms with Crippen molar-refractivity contribution in [3.05, 3.63) is 34.5 Å². The Bertz CT molecular complexity index is 986. The van der Waals surface area contributed by atoms with E-state index in [2.05, 4.69) is 32.7 Å². The second kappa shape index (κ2) is 8.04. The van der Waals surface area contributed by atoms with E-state index in [1.54, 1.807) is 14.2 Å². The third kappa shape index (κ3) is 3.70. The SMILES string of the molecule is COc1cc2nc(N(C)CC3(c4cccs4)CCNCC3)nc(N)c2cc1OC. The molecule has 0 radical (unpaired) electrons. The molecule has 0 unspecified atom stereocenters. The summed E-state index contributed by atoms with van der Waals surface area (Å²) in [5, 5.41) is 6.40. The summed E-state index contributed by atoms with van der Waals surface area (Å²) in [6.45, 7) is 2.88. The smallest absolute Gasteiger partial charge is 0.227 e. The fraction of sp³-hybridized carbons (Fsp3) is 0.429. The zero-order valence-electron chi connectivity index (χ0n) is 17.1. The molecule has 1 saturated heterocycles. The fourth-order valence-corrected chi connectivity index (χ4v) is 5.11. The van der Waals surface area contributed by atoms with Gasteiger partial charge in [-0.25, -0.2) is 4.98 Å². The molecule has 4 rings (SSSR count). The van der Waals surface area contributed by atoms with Crippen LogP contribution in [0, 0.1) is 0 Å². The minimum Gasteiger partial charge on any atom is -0.493 e. The highest BCUT2D eigenvalue weighted by Crippen LogP contribution is 2.38. The lowest BCUT2D eigenvalue weighted by atomic mass is 9.77. The van der Waals surface area contributed by atoms with Gasteiger partial charge in [0, 0.05) is 35.3 Å². The van der Waals surface area contributed by atoms with E-state index >= 15 is 0 Å². The zero-order chi connectivity index (χ0) is 20.4. The first-order valence-corrected chi connectivity index (χ1v) is 10.6. The number of ether oxygens (including phenoxy) is 2. The maximum Gasteiger partial charge on any atom is 0.227 e. The predicted octanol–water partition coefficient (Wildman–Crippen LogP) is 3.05. The fourth-order valence-electron chi connectivity index (χ4n) is 4.13. The highest BCUT2D eigenvalue weighted by Gasteiger charge is 2.36. The molecule has 0 bridgehead atoms. The van der Waals surface area contributed by atoms with E-state index in [4.69, 9.17) is 20.2 Å². The number of anilines is 2. The summed E-state index contributed by atoms with van der Waals surface area (Å²) >= 11 is 1.83. The summed E-state index contributed by atoms with van der Waals surface area (Å²) in [6.07, 6.45) is 2.18. The molecule has 3 N–H and O–H groups in total. The van der Waals surface area contributed by atoms with Crippen molar-refractivity contribution in [1.82, 2.24) is 15.3 Å². The topological polar surface area (TPSA) is 85.5 Å². The zero-order valence-corrected chi connectivity index (χ0v) is 17.9. The van der Waals surface area contributed by atoms with Gasteiger partial charge < -0.3 is 25.4 Å². The predicted molar refractivity (Wildman–Crippen MR) is 118 cm³/mol. The first kappa shape index (κ1) is 19.7. The van der Waals surface area contributed by atoms with E-state index in [9.17, 15) is 0 Å². The van der Waals surface area contributed by atoms with Crippen LogP contribution in [0.1, 0.15) is 17.7 Å². The molecule has 0 atom stereocenters. The first-order valence-electron chi connectivity index (χ1n) is 9.71. The number of nitrogen functional groups attached to an aromatic ring is 1. The standard InChI is InChI=1S/C21H27N5O2S/c1-26(13-21(6-8-23-9-7-21)18-5-4-10-29-18)20-24-15-12-17(28-3)16(27-2)11-14(15)19(22)25-20/h4-5,10-12,23H,6-9,13H2,1-3H3,(H2,22,24,25). The van der Waals surface area contributed by atoms with Gasteiger partial charge in [0.25, 0.3) is 0 Å². The molecule has 1 aromatic carbocycles. The summed E-state index contributed by atoms with van der Waals surface area (Å²) in [6, 6.07) is 8.06. The van der Waals surface area contributed by atoms with Crippen molar-refractivity contribution < 1.29 is 9.47 Å². The molecule has 7 nitrogen and oxygen atoms in total. The lowest BCUT2D eigenvalue weighted by molar-refractivity contribution is 0.316. The van der Waals surface area contributed by atoms with Crippen molar-refractivity contribution >= 4 is 34.0 Å². The number of hydrogen-bond donors (Lipinski definition) is 2. The monoisotopic (exact) mass is 413 g/mol. The number of aromatic nitrogens is 2. The molecule has 1 fully saturated rings. The van der Waals surface area contributed by atoms with Crippen molar-refractivity contribution in [3.8, 4) is 11.5 Å². The maximum atomic E-state index is 6.29. The van der Waals surface area contributed by atoms with Gasteiger partial charge in [-0.3, -0.25) is 0 Å². The van der Waals surface area contributed by atoms with Crippen molar-refractivity contribution in [3.63, 3.8) is 0 Å². The average molecular weight is 414 g/mol. The van der Waals surface area contributed by atoms with Crippen LogP contribution in [0.4, 0.5) is 11.8 Å². The summed E-state index contributed by atoms with van der Waals surface area (Å²) in [4.78, 5) is 12.9. The minimum atomic E-state index is 0.0961. The molecule has 2 aromatic heterocycles. The molecule has 3 aromatic rings. The van der Waals surface area contributed by atoms with E-state index < -0.39 is 0 Å². The second-order valence-corrected chi connectivity index (χ2v) is 8.44. The summed E-state index contributed by atoms with van der Waals surface area (Å²) < 4.78 is 10.8. The van der Waals surface area contributed by atoms with Crippen molar-refractivity contribution in [2.75, 3.05) is 51.5 Å². The minimum absolute atomic E-state index is 0.0961. The molecule has 1 aliphatic rings. The molecule has 1 aliphatic heterocycles. The number of fused-ring (bicyclic) bond motifs is 1. The number of hydrogen-bond acceptors (Lipinski definition) is 8. The number of nitrogens with one attached hydrogen (secondary N) is 1. The van der Waals surface area contributed by atoms with Crippen LogP contribution in [0.15, 0.2) is 29.6 Å². The van der Waals surface area contributed by atoms with E-state index in [-0.39, 0.29) is 5.41 Å². The Morgan fingerprint density at radius 1 is 1.17 bits per heavy atom. The van der Waals surface area contributed by atoms with Gasteiger partial charge in [0.1, 0.15) is 5.82 Å².